The van der Waals surface area contributed by atoms with E-state index < -0.39 is 5.97 Å². The zero-order valence-corrected chi connectivity index (χ0v) is 11.2. The molecule has 3 aromatic rings. The summed E-state index contributed by atoms with van der Waals surface area (Å²) in [7, 11) is 0. The minimum absolute atomic E-state index is 0.251. The predicted octanol–water partition coefficient (Wildman–Crippen LogP) is 3.81. The number of fused-ring (bicyclic) bond motifs is 1. The van der Waals surface area contributed by atoms with Gasteiger partial charge in [-0.2, -0.15) is 0 Å². The average molecular weight is 267 g/mol. The van der Waals surface area contributed by atoms with Crippen LogP contribution < -0.4 is 0 Å². The average Bonchev–Trinajstić information content (AvgIpc) is 2.81. The molecule has 0 saturated heterocycles. The van der Waals surface area contributed by atoms with Gasteiger partial charge in [-0.25, -0.2) is 9.78 Å². The van der Waals surface area contributed by atoms with E-state index in [9.17, 15) is 4.79 Å². The molecule has 1 aromatic heterocycles. The summed E-state index contributed by atoms with van der Waals surface area (Å²) in [5.74, 6) is -0.453. The standard InChI is InChI=1S/C16H13NO3/c1-9-3-5-11(6-4-9)15-17-13-8-12(16(18)19)10(2)7-14(13)20-15/h3-8H,1-2H3,(H,18,19). The topological polar surface area (TPSA) is 63.3 Å². The Hall–Kier alpha value is -2.62. The first-order valence-electron chi connectivity index (χ1n) is 6.26. The van der Waals surface area contributed by atoms with Gasteiger partial charge in [0.15, 0.2) is 5.58 Å². The summed E-state index contributed by atoms with van der Waals surface area (Å²) in [5.41, 5.74) is 4.11. The van der Waals surface area contributed by atoms with Crippen molar-refractivity contribution in [2.24, 2.45) is 0 Å². The molecule has 100 valence electrons. The van der Waals surface area contributed by atoms with Crippen LogP contribution in [0.2, 0.25) is 0 Å². The van der Waals surface area contributed by atoms with Crippen LogP contribution in [-0.2, 0) is 0 Å². The highest BCUT2D eigenvalue weighted by Crippen LogP contribution is 2.26. The Morgan fingerprint density at radius 1 is 1.15 bits per heavy atom. The van der Waals surface area contributed by atoms with Gasteiger partial charge in [-0.3, -0.25) is 0 Å². The molecule has 0 aliphatic heterocycles. The second-order valence-corrected chi connectivity index (χ2v) is 4.83. The molecule has 0 fully saturated rings. The molecule has 0 amide bonds. The summed E-state index contributed by atoms with van der Waals surface area (Å²) < 4.78 is 5.71. The van der Waals surface area contributed by atoms with Crippen LogP contribution in [0.5, 0.6) is 0 Å². The number of carboxylic acid groups (broad SMARTS) is 1. The molecular weight excluding hydrogens is 254 g/mol. The second kappa shape index (κ2) is 4.49. The number of nitrogens with zero attached hydrogens (tertiary/aromatic N) is 1. The van der Waals surface area contributed by atoms with Crippen molar-refractivity contribution in [1.29, 1.82) is 0 Å². The summed E-state index contributed by atoms with van der Waals surface area (Å²) in [6, 6.07) is 11.1. The summed E-state index contributed by atoms with van der Waals surface area (Å²) in [6.45, 7) is 3.76. The van der Waals surface area contributed by atoms with Crippen LogP contribution in [0.1, 0.15) is 21.5 Å². The monoisotopic (exact) mass is 267 g/mol. The van der Waals surface area contributed by atoms with Gasteiger partial charge in [0.05, 0.1) is 5.56 Å². The van der Waals surface area contributed by atoms with Crippen LogP contribution in [0.4, 0.5) is 0 Å². The van der Waals surface area contributed by atoms with Crippen molar-refractivity contribution < 1.29 is 14.3 Å². The van der Waals surface area contributed by atoms with Crippen molar-refractivity contribution in [3.05, 3.63) is 53.1 Å². The molecule has 2 aromatic carbocycles. The number of hydrogen-bond acceptors (Lipinski definition) is 3. The number of carbonyl (C=O) groups is 1. The number of carboxylic acids is 1. The predicted molar refractivity (Wildman–Crippen MR) is 75.9 cm³/mol. The Bertz CT molecular complexity index is 800. The molecule has 0 aliphatic rings. The number of oxazole rings is 1. The van der Waals surface area contributed by atoms with Gasteiger partial charge >= 0.3 is 5.97 Å². The molecule has 0 atom stereocenters. The van der Waals surface area contributed by atoms with Crippen molar-refractivity contribution in [3.63, 3.8) is 0 Å². The zero-order chi connectivity index (χ0) is 14.3. The van der Waals surface area contributed by atoms with Crippen molar-refractivity contribution in [1.82, 2.24) is 4.98 Å². The van der Waals surface area contributed by atoms with Crippen LogP contribution >= 0.6 is 0 Å². The van der Waals surface area contributed by atoms with Gasteiger partial charge < -0.3 is 9.52 Å². The van der Waals surface area contributed by atoms with Gasteiger partial charge in [0.2, 0.25) is 5.89 Å². The number of aryl methyl sites for hydroxylation is 2. The molecular formula is C16H13NO3. The quantitative estimate of drug-likeness (QED) is 0.766. The fraction of sp³-hybridized carbons (Fsp3) is 0.125. The number of hydrogen-bond donors (Lipinski definition) is 1. The Morgan fingerprint density at radius 3 is 2.50 bits per heavy atom. The van der Waals surface area contributed by atoms with E-state index >= 15 is 0 Å². The van der Waals surface area contributed by atoms with E-state index in [1.54, 1.807) is 19.1 Å². The van der Waals surface area contributed by atoms with Gasteiger partial charge in [0.1, 0.15) is 5.52 Å². The van der Waals surface area contributed by atoms with Crippen LogP contribution in [-0.4, -0.2) is 16.1 Å². The highest BCUT2D eigenvalue weighted by atomic mass is 16.4. The molecule has 3 rings (SSSR count). The fourth-order valence-electron chi connectivity index (χ4n) is 2.13. The molecule has 0 unspecified atom stereocenters. The lowest BCUT2D eigenvalue weighted by Gasteiger charge is -1.98. The van der Waals surface area contributed by atoms with E-state index in [0.717, 1.165) is 11.1 Å². The number of benzene rings is 2. The third kappa shape index (κ3) is 2.05. The Labute approximate surface area is 115 Å². The molecule has 0 saturated carbocycles. The van der Waals surface area contributed by atoms with Crippen LogP contribution in [0.3, 0.4) is 0 Å². The van der Waals surface area contributed by atoms with Crippen LogP contribution in [0, 0.1) is 13.8 Å². The first-order valence-corrected chi connectivity index (χ1v) is 6.26. The van der Waals surface area contributed by atoms with Crippen molar-refractivity contribution in [3.8, 4) is 11.5 Å². The smallest absolute Gasteiger partial charge is 0.336 e. The largest absolute Gasteiger partial charge is 0.478 e. The first kappa shape index (κ1) is 12.4. The van der Waals surface area contributed by atoms with Gasteiger partial charge in [0.25, 0.3) is 0 Å². The Balaban J connectivity index is 2.15. The maximum absolute atomic E-state index is 11.1. The molecule has 1 heterocycles. The van der Waals surface area contributed by atoms with E-state index in [4.69, 9.17) is 9.52 Å². The van der Waals surface area contributed by atoms with Gasteiger partial charge in [-0.1, -0.05) is 17.7 Å². The van der Waals surface area contributed by atoms with E-state index in [-0.39, 0.29) is 5.56 Å². The summed E-state index contributed by atoms with van der Waals surface area (Å²) >= 11 is 0. The summed E-state index contributed by atoms with van der Waals surface area (Å²) in [5, 5.41) is 9.12. The maximum Gasteiger partial charge on any atom is 0.336 e. The van der Waals surface area contributed by atoms with Crippen molar-refractivity contribution in [2.45, 2.75) is 13.8 Å². The fourth-order valence-corrected chi connectivity index (χ4v) is 2.13. The molecule has 1 N–H and O–H groups in total. The highest BCUT2D eigenvalue weighted by Gasteiger charge is 2.13. The molecule has 0 radical (unpaired) electrons. The van der Waals surface area contributed by atoms with Crippen molar-refractivity contribution >= 4 is 17.1 Å². The number of rotatable bonds is 2. The lowest BCUT2D eigenvalue weighted by molar-refractivity contribution is 0.0696. The second-order valence-electron chi connectivity index (χ2n) is 4.83. The normalized spacial score (nSPS) is 10.9. The summed E-state index contributed by atoms with van der Waals surface area (Å²) in [6.07, 6.45) is 0. The lowest BCUT2D eigenvalue weighted by atomic mass is 10.1. The first-order chi connectivity index (χ1) is 9.54. The molecule has 0 bridgehead atoms. The molecule has 4 nitrogen and oxygen atoms in total. The maximum atomic E-state index is 11.1. The van der Waals surface area contributed by atoms with E-state index in [1.165, 1.54) is 0 Å². The van der Waals surface area contributed by atoms with Crippen molar-refractivity contribution in [2.75, 3.05) is 0 Å². The summed E-state index contributed by atoms with van der Waals surface area (Å²) in [4.78, 5) is 15.5. The van der Waals surface area contributed by atoms with Crippen LogP contribution in [0.15, 0.2) is 40.8 Å². The molecule has 0 spiro atoms. The van der Waals surface area contributed by atoms with Gasteiger partial charge in [-0.15, -0.1) is 0 Å². The molecule has 0 aliphatic carbocycles. The van der Waals surface area contributed by atoms with Gasteiger partial charge in [0, 0.05) is 5.56 Å². The minimum Gasteiger partial charge on any atom is -0.478 e. The third-order valence-electron chi connectivity index (χ3n) is 3.26. The van der Waals surface area contributed by atoms with Crippen LogP contribution in [0.25, 0.3) is 22.6 Å². The number of aromatic carboxylic acids is 1. The molecule has 4 heteroatoms. The highest BCUT2D eigenvalue weighted by molar-refractivity contribution is 5.94. The minimum atomic E-state index is -0.954. The van der Waals surface area contributed by atoms with E-state index in [0.29, 0.717) is 22.6 Å². The zero-order valence-electron chi connectivity index (χ0n) is 11.2. The third-order valence-corrected chi connectivity index (χ3v) is 3.26. The molecule has 20 heavy (non-hydrogen) atoms. The SMILES string of the molecule is Cc1ccc(-c2nc3cc(C(=O)O)c(C)cc3o2)cc1. The Morgan fingerprint density at radius 2 is 1.85 bits per heavy atom. The number of aromatic nitrogens is 1. The van der Waals surface area contributed by atoms with Gasteiger partial charge in [-0.05, 0) is 43.7 Å². The van der Waals surface area contributed by atoms with E-state index in [2.05, 4.69) is 4.98 Å². The van der Waals surface area contributed by atoms with E-state index in [1.807, 2.05) is 31.2 Å². The lowest BCUT2D eigenvalue weighted by Crippen LogP contribution is -1.98. The Kier molecular flexibility index (Phi) is 2.79.